The van der Waals surface area contributed by atoms with Gasteiger partial charge in [-0.1, -0.05) is 12.5 Å². The van der Waals surface area contributed by atoms with Gasteiger partial charge in [0.2, 0.25) is 0 Å². The van der Waals surface area contributed by atoms with E-state index in [0.29, 0.717) is 24.0 Å². The number of aliphatic hydroxyl groups is 1. The highest BCUT2D eigenvalue weighted by atomic mass is 16.3. The van der Waals surface area contributed by atoms with Gasteiger partial charge in [-0.15, -0.1) is 0 Å². The Morgan fingerprint density at radius 2 is 1.91 bits per heavy atom. The van der Waals surface area contributed by atoms with Gasteiger partial charge in [0.25, 0.3) is 0 Å². The maximum absolute atomic E-state index is 12.0. The second-order valence-corrected chi connectivity index (χ2v) is 8.74. The minimum Gasteiger partial charge on any atom is -0.389 e. The van der Waals surface area contributed by atoms with Crippen molar-refractivity contribution in [2.24, 2.45) is 29.1 Å². The quantitative estimate of drug-likeness (QED) is 0.806. The molecule has 3 fully saturated rings. The van der Waals surface area contributed by atoms with Crippen LogP contribution in [0.15, 0.2) is 11.6 Å². The maximum atomic E-state index is 12.0. The average Bonchev–Trinajstić information content (AvgIpc) is 2.85. The van der Waals surface area contributed by atoms with E-state index in [1.165, 1.54) is 5.57 Å². The van der Waals surface area contributed by atoms with Crippen LogP contribution in [0.3, 0.4) is 0 Å². The Labute approximate surface area is 138 Å². The molecule has 6 atom stereocenters. The van der Waals surface area contributed by atoms with Crippen LogP contribution in [-0.2, 0) is 9.59 Å². The van der Waals surface area contributed by atoms with E-state index in [4.69, 9.17) is 0 Å². The number of hydrogen-bond donors (Lipinski definition) is 1. The molecular weight excluding hydrogens is 288 g/mol. The molecule has 0 spiro atoms. The first-order chi connectivity index (χ1) is 10.9. The Kier molecular flexibility index (Phi) is 3.39. The highest BCUT2D eigenvalue weighted by molar-refractivity contribution is 5.91. The lowest BCUT2D eigenvalue weighted by Crippen LogP contribution is -2.55. The van der Waals surface area contributed by atoms with Gasteiger partial charge in [-0.2, -0.15) is 0 Å². The van der Waals surface area contributed by atoms with Crippen molar-refractivity contribution in [3.8, 4) is 0 Å². The predicted molar refractivity (Wildman–Crippen MR) is 87.7 cm³/mol. The lowest BCUT2D eigenvalue weighted by atomic mass is 9.48. The normalized spacial score (nSPS) is 49.0. The topological polar surface area (TPSA) is 54.4 Å². The number of ketones is 2. The van der Waals surface area contributed by atoms with E-state index in [9.17, 15) is 14.7 Å². The fourth-order valence-electron chi connectivity index (χ4n) is 6.76. The van der Waals surface area contributed by atoms with Crippen LogP contribution in [0.25, 0.3) is 0 Å². The zero-order valence-corrected chi connectivity index (χ0v) is 14.3. The number of allylic oxidation sites excluding steroid dienone is 1. The minimum absolute atomic E-state index is 0.145. The van der Waals surface area contributed by atoms with Crippen molar-refractivity contribution < 1.29 is 14.7 Å². The highest BCUT2D eigenvalue weighted by Crippen LogP contribution is 2.63. The van der Waals surface area contributed by atoms with Crippen LogP contribution in [0.5, 0.6) is 0 Å². The van der Waals surface area contributed by atoms with E-state index in [1.54, 1.807) is 6.92 Å². The monoisotopic (exact) mass is 316 g/mol. The van der Waals surface area contributed by atoms with Crippen molar-refractivity contribution in [1.82, 2.24) is 0 Å². The summed E-state index contributed by atoms with van der Waals surface area (Å²) >= 11 is 0. The number of fused-ring (bicyclic) bond motifs is 5. The summed E-state index contributed by atoms with van der Waals surface area (Å²) in [6.45, 7) is 4.00. The molecule has 3 saturated carbocycles. The fourth-order valence-corrected chi connectivity index (χ4v) is 6.76. The van der Waals surface area contributed by atoms with Crippen LogP contribution in [0.2, 0.25) is 0 Å². The molecule has 0 aromatic carbocycles. The summed E-state index contributed by atoms with van der Waals surface area (Å²) in [5, 5.41) is 11.3. The second kappa shape index (κ2) is 5.02. The smallest absolute Gasteiger partial charge is 0.155 e. The van der Waals surface area contributed by atoms with Crippen LogP contribution >= 0.6 is 0 Å². The Hall–Kier alpha value is -0.960. The van der Waals surface area contributed by atoms with Gasteiger partial charge in [-0.25, -0.2) is 0 Å². The first kappa shape index (κ1) is 15.6. The molecule has 4 aliphatic carbocycles. The summed E-state index contributed by atoms with van der Waals surface area (Å²) in [4.78, 5) is 23.8. The van der Waals surface area contributed by atoms with Crippen molar-refractivity contribution in [2.45, 2.75) is 70.8 Å². The molecule has 4 aliphatic rings. The van der Waals surface area contributed by atoms with E-state index in [0.717, 1.165) is 44.9 Å². The van der Waals surface area contributed by atoms with Crippen LogP contribution in [0.1, 0.15) is 65.2 Å². The largest absolute Gasteiger partial charge is 0.389 e. The van der Waals surface area contributed by atoms with E-state index >= 15 is 0 Å². The van der Waals surface area contributed by atoms with Gasteiger partial charge in [-0.3, -0.25) is 9.59 Å². The lowest BCUT2D eigenvalue weighted by molar-refractivity contribution is -0.147. The molecular formula is C20H28O3. The molecule has 4 rings (SSSR count). The van der Waals surface area contributed by atoms with Crippen molar-refractivity contribution >= 4 is 11.6 Å². The Balaban J connectivity index is 1.67. The number of hydrogen-bond acceptors (Lipinski definition) is 3. The molecule has 0 radical (unpaired) electrons. The summed E-state index contributed by atoms with van der Waals surface area (Å²) in [5.41, 5.74) is 0.753. The third-order valence-electron chi connectivity index (χ3n) is 7.92. The summed E-state index contributed by atoms with van der Waals surface area (Å²) in [6, 6.07) is 0. The number of rotatable bonds is 1. The van der Waals surface area contributed by atoms with Crippen molar-refractivity contribution in [3.63, 3.8) is 0 Å². The van der Waals surface area contributed by atoms with Gasteiger partial charge in [0.15, 0.2) is 5.78 Å². The summed E-state index contributed by atoms with van der Waals surface area (Å²) in [6.07, 6.45) is 9.27. The van der Waals surface area contributed by atoms with Gasteiger partial charge in [-0.05, 0) is 81.1 Å². The van der Waals surface area contributed by atoms with Gasteiger partial charge in [0.1, 0.15) is 5.78 Å². The zero-order chi connectivity index (χ0) is 16.4. The molecule has 0 amide bonds. The van der Waals surface area contributed by atoms with Crippen LogP contribution in [-0.4, -0.2) is 22.3 Å². The van der Waals surface area contributed by atoms with E-state index < -0.39 is 5.60 Å². The van der Waals surface area contributed by atoms with Crippen LogP contribution in [0.4, 0.5) is 0 Å². The van der Waals surface area contributed by atoms with Crippen molar-refractivity contribution in [3.05, 3.63) is 11.6 Å². The lowest BCUT2D eigenvalue weighted by Gasteiger charge is -2.57. The van der Waals surface area contributed by atoms with Gasteiger partial charge in [0.05, 0.1) is 5.60 Å². The van der Waals surface area contributed by atoms with Crippen LogP contribution < -0.4 is 0 Å². The number of Topliss-reactive ketones (excluding diaryl/α,β-unsaturated/α-hetero) is 1. The van der Waals surface area contributed by atoms with E-state index in [2.05, 4.69) is 6.92 Å². The molecule has 0 aromatic heterocycles. The third kappa shape index (κ3) is 2.05. The maximum Gasteiger partial charge on any atom is 0.155 e. The van der Waals surface area contributed by atoms with E-state index in [-0.39, 0.29) is 23.0 Å². The van der Waals surface area contributed by atoms with Gasteiger partial charge < -0.3 is 5.11 Å². The molecule has 0 saturated heterocycles. The molecule has 3 nitrogen and oxygen atoms in total. The Morgan fingerprint density at radius 1 is 1.13 bits per heavy atom. The molecule has 23 heavy (non-hydrogen) atoms. The standard InChI is InChI=1S/C20H28O3/c1-12(21)16-5-6-18-15-4-3-13-11-14(22)7-9-19(13,2)17(15)8-10-20(16,18)23/h11,15-18,23H,3-10H2,1-2H3. The minimum atomic E-state index is -0.755. The third-order valence-corrected chi connectivity index (χ3v) is 7.92. The molecule has 0 bridgehead atoms. The first-order valence-corrected chi connectivity index (χ1v) is 9.33. The average molecular weight is 316 g/mol. The van der Waals surface area contributed by atoms with Gasteiger partial charge >= 0.3 is 0 Å². The fraction of sp³-hybridized carbons (Fsp3) is 0.800. The summed E-state index contributed by atoms with van der Waals surface area (Å²) < 4.78 is 0. The summed E-state index contributed by atoms with van der Waals surface area (Å²) in [7, 11) is 0. The highest BCUT2D eigenvalue weighted by Gasteiger charge is 2.61. The van der Waals surface area contributed by atoms with Crippen LogP contribution in [0, 0.1) is 29.1 Å². The number of carbonyl (C=O) groups is 2. The molecule has 6 unspecified atom stereocenters. The Morgan fingerprint density at radius 3 is 2.65 bits per heavy atom. The summed E-state index contributed by atoms with van der Waals surface area (Å²) in [5.74, 6) is 1.69. The second-order valence-electron chi connectivity index (χ2n) is 8.74. The molecule has 126 valence electrons. The SMILES string of the molecule is CC(=O)C1CCC2C3CCC4=CC(=O)CCC4(C)C3CCC12O. The molecule has 3 heteroatoms. The van der Waals surface area contributed by atoms with Crippen molar-refractivity contribution in [1.29, 1.82) is 0 Å². The zero-order valence-electron chi connectivity index (χ0n) is 14.3. The predicted octanol–water partition coefficient (Wildman–Crippen LogP) is 3.45. The van der Waals surface area contributed by atoms with E-state index in [1.807, 2.05) is 6.08 Å². The Bertz CT molecular complexity index is 592. The van der Waals surface area contributed by atoms with Crippen molar-refractivity contribution in [2.75, 3.05) is 0 Å². The molecule has 0 aromatic rings. The van der Waals surface area contributed by atoms with Gasteiger partial charge in [0, 0.05) is 12.3 Å². The number of carbonyl (C=O) groups excluding carboxylic acids is 2. The molecule has 0 heterocycles. The molecule has 0 aliphatic heterocycles. The molecule has 1 N–H and O–H groups in total. The first-order valence-electron chi connectivity index (χ1n) is 9.33.